The number of nitrogens with zero attached hydrogens (tertiary/aromatic N) is 3. The van der Waals surface area contributed by atoms with Crippen molar-refractivity contribution in [2.45, 2.75) is 51.9 Å². The van der Waals surface area contributed by atoms with E-state index in [1.807, 2.05) is 25.1 Å². The van der Waals surface area contributed by atoms with Crippen LogP contribution in [-0.4, -0.2) is 34.1 Å². The number of aromatic nitrogens is 2. The average molecular weight is 448 g/mol. The second kappa shape index (κ2) is 10.6. The van der Waals surface area contributed by atoms with E-state index in [-0.39, 0.29) is 12.2 Å². The molecule has 2 heterocycles. The number of rotatable bonds is 9. The van der Waals surface area contributed by atoms with Crippen LogP contribution in [0, 0.1) is 12.7 Å². The molecule has 0 saturated heterocycles. The number of anilines is 1. The van der Waals surface area contributed by atoms with Gasteiger partial charge in [-0.25, -0.2) is 14.4 Å². The smallest absolute Gasteiger partial charge is 0.303 e. The Kier molecular flexibility index (Phi) is 7.33. The molecule has 1 aliphatic heterocycles. The summed E-state index contributed by atoms with van der Waals surface area (Å²) in [7, 11) is 0. The molecule has 0 aliphatic carbocycles. The Balaban J connectivity index is 1.63. The Labute approximate surface area is 194 Å². The van der Waals surface area contributed by atoms with Gasteiger partial charge >= 0.3 is 5.97 Å². The van der Waals surface area contributed by atoms with Gasteiger partial charge in [-0.3, -0.25) is 4.79 Å². The van der Waals surface area contributed by atoms with Crippen LogP contribution in [0.4, 0.5) is 10.2 Å². The van der Waals surface area contributed by atoms with Gasteiger partial charge in [-0.15, -0.1) is 0 Å². The van der Waals surface area contributed by atoms with Crippen LogP contribution in [0.2, 0.25) is 0 Å². The summed E-state index contributed by atoms with van der Waals surface area (Å²) < 4.78 is 14.0. The molecule has 6 heteroatoms. The lowest BCUT2D eigenvalue weighted by molar-refractivity contribution is -0.137. The molecule has 3 aromatic rings. The van der Waals surface area contributed by atoms with Gasteiger partial charge in [0.1, 0.15) is 5.82 Å². The Bertz CT molecular complexity index is 1110. The summed E-state index contributed by atoms with van der Waals surface area (Å²) in [6.45, 7) is 3.86. The first kappa shape index (κ1) is 22.9. The molecule has 0 radical (unpaired) electrons. The first-order valence-electron chi connectivity index (χ1n) is 11.7. The third kappa shape index (κ3) is 5.75. The zero-order valence-electron chi connectivity index (χ0n) is 19.1. The largest absolute Gasteiger partial charge is 0.481 e. The van der Waals surface area contributed by atoms with E-state index < -0.39 is 5.97 Å². The number of unbranched alkanes of at least 4 members (excludes halogenated alkanes) is 3. The third-order valence-corrected chi connectivity index (χ3v) is 6.08. The van der Waals surface area contributed by atoms with Gasteiger partial charge in [0.15, 0.2) is 5.82 Å². The molecule has 172 valence electrons. The number of carboxylic acids is 1. The van der Waals surface area contributed by atoms with Crippen LogP contribution in [0.15, 0.2) is 48.5 Å². The molecule has 0 saturated carbocycles. The summed E-state index contributed by atoms with van der Waals surface area (Å²) in [5.74, 6) is -0.0955. The number of carbonyl (C=O) groups is 1. The van der Waals surface area contributed by atoms with Crippen molar-refractivity contribution in [3.05, 3.63) is 65.6 Å². The van der Waals surface area contributed by atoms with E-state index in [9.17, 15) is 9.18 Å². The molecular formula is C27H30FN3O2. The van der Waals surface area contributed by atoms with Crippen molar-refractivity contribution in [2.24, 2.45) is 0 Å². The Hall–Kier alpha value is -3.28. The molecule has 0 bridgehead atoms. The van der Waals surface area contributed by atoms with Gasteiger partial charge in [0.2, 0.25) is 0 Å². The molecule has 1 N–H and O–H groups in total. The monoisotopic (exact) mass is 447 g/mol. The van der Waals surface area contributed by atoms with Gasteiger partial charge in [-0.05, 0) is 44.7 Å². The van der Waals surface area contributed by atoms with Crippen LogP contribution in [0.1, 0.15) is 49.8 Å². The van der Waals surface area contributed by atoms with Gasteiger partial charge in [0.05, 0.1) is 17.1 Å². The van der Waals surface area contributed by atoms with Crippen molar-refractivity contribution >= 4 is 11.8 Å². The van der Waals surface area contributed by atoms with Crippen LogP contribution in [0.25, 0.3) is 22.5 Å². The van der Waals surface area contributed by atoms with Crippen LogP contribution in [0.5, 0.6) is 0 Å². The highest BCUT2D eigenvalue weighted by atomic mass is 19.1. The van der Waals surface area contributed by atoms with E-state index in [4.69, 9.17) is 15.1 Å². The number of halogens is 1. The molecule has 5 nitrogen and oxygen atoms in total. The molecule has 0 atom stereocenters. The topological polar surface area (TPSA) is 66.3 Å². The number of hydrogen-bond acceptors (Lipinski definition) is 4. The SMILES string of the molecule is Cc1ccc(-c2nc3c(nc2-c2cccc(F)c2)CCCN3CCCCCCC(=O)O)cc1. The van der Waals surface area contributed by atoms with E-state index in [2.05, 4.69) is 17.0 Å². The summed E-state index contributed by atoms with van der Waals surface area (Å²) >= 11 is 0. The molecule has 1 aromatic heterocycles. The van der Waals surface area contributed by atoms with Gasteiger partial charge in [0.25, 0.3) is 0 Å². The Morgan fingerprint density at radius 3 is 2.52 bits per heavy atom. The lowest BCUT2D eigenvalue weighted by Crippen LogP contribution is -2.32. The van der Waals surface area contributed by atoms with Crippen LogP contribution >= 0.6 is 0 Å². The highest BCUT2D eigenvalue weighted by molar-refractivity contribution is 5.79. The molecule has 0 amide bonds. The van der Waals surface area contributed by atoms with E-state index >= 15 is 0 Å². The molecular weight excluding hydrogens is 417 g/mol. The first-order valence-corrected chi connectivity index (χ1v) is 11.7. The second-order valence-electron chi connectivity index (χ2n) is 8.72. The predicted octanol–water partition coefficient (Wildman–Crippen LogP) is 6.05. The van der Waals surface area contributed by atoms with E-state index in [0.717, 1.165) is 79.9 Å². The Morgan fingerprint density at radius 1 is 1.00 bits per heavy atom. The van der Waals surface area contributed by atoms with E-state index in [1.165, 1.54) is 17.7 Å². The quantitative estimate of drug-likeness (QED) is 0.405. The van der Waals surface area contributed by atoms with Gasteiger partial charge in [-0.2, -0.15) is 0 Å². The fraction of sp³-hybridized carbons (Fsp3) is 0.370. The van der Waals surface area contributed by atoms with Gasteiger partial charge in [0, 0.05) is 30.6 Å². The normalized spacial score (nSPS) is 13.1. The minimum Gasteiger partial charge on any atom is -0.481 e. The molecule has 0 unspecified atom stereocenters. The molecule has 4 rings (SSSR count). The fourth-order valence-corrected chi connectivity index (χ4v) is 4.33. The minimum absolute atomic E-state index is 0.237. The van der Waals surface area contributed by atoms with E-state index in [1.54, 1.807) is 6.07 Å². The van der Waals surface area contributed by atoms with Crippen molar-refractivity contribution in [3.63, 3.8) is 0 Å². The van der Waals surface area contributed by atoms with Gasteiger partial charge < -0.3 is 10.0 Å². The molecule has 0 spiro atoms. The average Bonchev–Trinajstić information content (AvgIpc) is 2.81. The third-order valence-electron chi connectivity index (χ3n) is 6.08. The highest BCUT2D eigenvalue weighted by Gasteiger charge is 2.23. The van der Waals surface area contributed by atoms with Crippen LogP contribution < -0.4 is 4.90 Å². The lowest BCUT2D eigenvalue weighted by atomic mass is 10.0. The standard InChI is InChI=1S/C27H30FN3O2/c1-19-12-14-20(15-13-19)25-26(21-8-6-9-22(28)18-21)29-23-10-7-17-31(27(23)30-25)16-5-3-2-4-11-24(32)33/h6,8-9,12-15,18H,2-5,7,10-11,16-17H2,1H3,(H,32,33). The minimum atomic E-state index is -0.729. The maximum absolute atomic E-state index is 14.0. The number of aliphatic carboxylic acids is 1. The maximum Gasteiger partial charge on any atom is 0.303 e. The number of benzene rings is 2. The lowest BCUT2D eigenvalue weighted by Gasteiger charge is -2.30. The summed E-state index contributed by atoms with van der Waals surface area (Å²) in [6, 6.07) is 14.8. The zero-order valence-corrected chi connectivity index (χ0v) is 19.1. The van der Waals surface area contributed by atoms with Crippen molar-refractivity contribution in [1.29, 1.82) is 0 Å². The van der Waals surface area contributed by atoms with Crippen molar-refractivity contribution < 1.29 is 14.3 Å². The summed E-state index contributed by atoms with van der Waals surface area (Å²) in [4.78, 5) is 23.1. The zero-order chi connectivity index (χ0) is 23.2. The fourth-order valence-electron chi connectivity index (χ4n) is 4.33. The van der Waals surface area contributed by atoms with Crippen molar-refractivity contribution in [2.75, 3.05) is 18.0 Å². The van der Waals surface area contributed by atoms with E-state index in [0.29, 0.717) is 5.69 Å². The number of aryl methyl sites for hydroxylation is 2. The summed E-state index contributed by atoms with van der Waals surface area (Å²) in [5, 5.41) is 8.79. The highest BCUT2D eigenvalue weighted by Crippen LogP contribution is 2.35. The summed E-state index contributed by atoms with van der Waals surface area (Å²) in [5.41, 5.74) is 5.31. The second-order valence-corrected chi connectivity index (χ2v) is 8.72. The molecule has 2 aromatic carbocycles. The number of hydrogen-bond donors (Lipinski definition) is 1. The summed E-state index contributed by atoms with van der Waals surface area (Å²) in [6.07, 6.45) is 5.74. The van der Waals surface area contributed by atoms with Crippen molar-refractivity contribution in [3.8, 4) is 22.5 Å². The molecule has 33 heavy (non-hydrogen) atoms. The first-order chi connectivity index (χ1) is 16.0. The number of carboxylic acid groups (broad SMARTS) is 1. The number of fused-ring (bicyclic) bond motifs is 1. The maximum atomic E-state index is 14.0. The molecule has 0 fully saturated rings. The van der Waals surface area contributed by atoms with Crippen molar-refractivity contribution in [1.82, 2.24) is 9.97 Å². The van der Waals surface area contributed by atoms with Crippen LogP contribution in [0.3, 0.4) is 0 Å². The Morgan fingerprint density at radius 2 is 1.76 bits per heavy atom. The van der Waals surface area contributed by atoms with Crippen LogP contribution in [-0.2, 0) is 11.2 Å². The van der Waals surface area contributed by atoms with Gasteiger partial charge in [-0.1, -0.05) is 54.8 Å². The predicted molar refractivity (Wildman–Crippen MR) is 129 cm³/mol. The molecule has 1 aliphatic rings.